The summed E-state index contributed by atoms with van der Waals surface area (Å²) in [6.07, 6.45) is 13.5. The molecule has 0 aromatic heterocycles. The van der Waals surface area contributed by atoms with E-state index in [0.717, 1.165) is 25.9 Å². The van der Waals surface area contributed by atoms with Crippen LogP contribution in [0.1, 0.15) is 75.3 Å². The number of allylic oxidation sites excluding steroid dienone is 7. The number of benzene rings is 1. The highest BCUT2D eigenvalue weighted by Crippen LogP contribution is 2.45. The van der Waals surface area contributed by atoms with Crippen molar-refractivity contribution in [2.75, 3.05) is 6.54 Å². The lowest BCUT2D eigenvalue weighted by atomic mass is 9.81. The van der Waals surface area contributed by atoms with Crippen molar-refractivity contribution in [1.82, 2.24) is 10.2 Å². The Bertz CT molecular complexity index is 1070. The lowest BCUT2D eigenvalue weighted by molar-refractivity contribution is 0.257. The van der Waals surface area contributed by atoms with E-state index in [1.54, 1.807) is 16.7 Å². The van der Waals surface area contributed by atoms with Gasteiger partial charge in [-0.25, -0.2) is 0 Å². The first kappa shape index (κ1) is 24.8. The topological polar surface area (TPSA) is 15.3 Å². The maximum absolute atomic E-state index is 4.24. The molecule has 2 aliphatic heterocycles. The third-order valence-corrected chi connectivity index (χ3v) is 9.11. The minimum absolute atomic E-state index is 0.559. The zero-order valence-electron chi connectivity index (χ0n) is 22.3. The molecule has 1 N–H and O–H groups in total. The summed E-state index contributed by atoms with van der Waals surface area (Å²) in [5.74, 6) is 2.04. The Hall–Kier alpha value is -2.32. The first-order valence-corrected chi connectivity index (χ1v) is 13.2. The van der Waals surface area contributed by atoms with Crippen molar-refractivity contribution in [3.8, 4) is 0 Å². The molecule has 34 heavy (non-hydrogen) atoms. The largest absolute Gasteiger partial charge is 0.348 e. The van der Waals surface area contributed by atoms with Gasteiger partial charge in [0.05, 0.1) is 0 Å². The number of hydrogen-bond donors (Lipinski definition) is 1. The molecule has 0 amide bonds. The van der Waals surface area contributed by atoms with Crippen molar-refractivity contribution >= 4 is 5.57 Å². The molecule has 0 bridgehead atoms. The molecule has 0 radical (unpaired) electrons. The van der Waals surface area contributed by atoms with Gasteiger partial charge in [-0.2, -0.15) is 0 Å². The summed E-state index contributed by atoms with van der Waals surface area (Å²) in [7, 11) is 0. The second kappa shape index (κ2) is 10.1. The average molecular weight is 457 g/mol. The van der Waals surface area contributed by atoms with Gasteiger partial charge in [-0.3, -0.25) is 0 Å². The molecule has 2 heteroatoms. The molecule has 2 nitrogen and oxygen atoms in total. The smallest absolute Gasteiger partial charge is 0.0364 e. The second-order valence-electron chi connectivity index (χ2n) is 10.9. The summed E-state index contributed by atoms with van der Waals surface area (Å²) in [5, 5.41) is 3.65. The van der Waals surface area contributed by atoms with Gasteiger partial charge in [0.2, 0.25) is 0 Å². The summed E-state index contributed by atoms with van der Waals surface area (Å²) in [5.41, 5.74) is 12.8. The zero-order valence-corrected chi connectivity index (χ0v) is 22.3. The molecule has 1 aliphatic carbocycles. The van der Waals surface area contributed by atoms with Gasteiger partial charge in [-0.1, -0.05) is 56.9 Å². The Balaban J connectivity index is 1.66. The summed E-state index contributed by atoms with van der Waals surface area (Å²) in [6.45, 7) is 24.3. The molecule has 4 rings (SSSR count). The van der Waals surface area contributed by atoms with Crippen LogP contribution in [0.25, 0.3) is 5.57 Å². The first-order valence-electron chi connectivity index (χ1n) is 13.2. The van der Waals surface area contributed by atoms with E-state index in [2.05, 4.69) is 89.3 Å². The molecule has 1 fully saturated rings. The van der Waals surface area contributed by atoms with Gasteiger partial charge >= 0.3 is 0 Å². The van der Waals surface area contributed by atoms with Gasteiger partial charge in [0.15, 0.2) is 0 Å². The maximum atomic E-state index is 4.24. The predicted molar refractivity (Wildman–Crippen MR) is 147 cm³/mol. The molecular weight excluding hydrogens is 412 g/mol. The summed E-state index contributed by atoms with van der Waals surface area (Å²) in [6, 6.07) is 3.05. The Morgan fingerprint density at radius 1 is 1.21 bits per heavy atom. The lowest BCUT2D eigenvalue weighted by Gasteiger charge is -2.36. The average Bonchev–Trinajstić information content (AvgIpc) is 3.10. The monoisotopic (exact) mass is 456 g/mol. The van der Waals surface area contributed by atoms with Crippen LogP contribution < -0.4 is 5.32 Å². The van der Waals surface area contributed by atoms with Crippen LogP contribution in [0.4, 0.5) is 0 Å². The van der Waals surface area contributed by atoms with Crippen molar-refractivity contribution in [3.63, 3.8) is 0 Å². The lowest BCUT2D eigenvalue weighted by Crippen LogP contribution is -2.34. The predicted octanol–water partition coefficient (Wildman–Crippen LogP) is 7.50. The number of nitrogens with one attached hydrogen (secondary N) is 1. The van der Waals surface area contributed by atoms with Crippen LogP contribution in [-0.2, 0) is 19.4 Å². The summed E-state index contributed by atoms with van der Waals surface area (Å²) < 4.78 is 0. The van der Waals surface area contributed by atoms with E-state index >= 15 is 0 Å². The fraction of sp³-hybridized carbons (Fsp3) is 0.500. The molecule has 182 valence electrons. The van der Waals surface area contributed by atoms with Crippen LogP contribution in [0.3, 0.4) is 0 Å². The summed E-state index contributed by atoms with van der Waals surface area (Å²) >= 11 is 0. The van der Waals surface area contributed by atoms with Gasteiger partial charge in [-0.15, -0.1) is 0 Å². The van der Waals surface area contributed by atoms with E-state index in [9.17, 15) is 0 Å². The molecule has 0 saturated heterocycles. The molecule has 4 atom stereocenters. The SMILES string of the molecule is C=C/C(=C\C)c1cc(CC2CC(N3C=CCC(C(=C)C)=C3C)C(C)C2C)c2c(c1C)CCNC2. The van der Waals surface area contributed by atoms with Crippen LogP contribution in [0.5, 0.6) is 0 Å². The van der Waals surface area contributed by atoms with Gasteiger partial charge < -0.3 is 10.2 Å². The van der Waals surface area contributed by atoms with E-state index in [1.807, 2.05) is 6.08 Å². The van der Waals surface area contributed by atoms with Crippen LogP contribution in [0.15, 0.2) is 60.5 Å². The Labute approximate surface area is 208 Å². The third kappa shape index (κ3) is 4.38. The number of nitrogens with zero attached hydrogens (tertiary/aromatic N) is 1. The Morgan fingerprint density at radius 3 is 2.65 bits per heavy atom. The third-order valence-electron chi connectivity index (χ3n) is 9.11. The van der Waals surface area contributed by atoms with E-state index in [4.69, 9.17) is 0 Å². The highest BCUT2D eigenvalue weighted by Gasteiger charge is 2.41. The van der Waals surface area contributed by atoms with Gasteiger partial charge in [-0.05, 0) is 117 Å². The molecular formula is C32H44N2. The van der Waals surface area contributed by atoms with Crippen molar-refractivity contribution in [2.45, 2.75) is 79.8 Å². The Kier molecular flexibility index (Phi) is 7.38. The fourth-order valence-electron chi connectivity index (χ4n) is 6.78. The standard InChI is InChI=1S/C32H44N2/c1-9-25(10-2)30-17-27(31-19-33-14-13-29(31)23(30)7)16-26-18-32(22(6)21(26)5)34-15-11-12-28(20(3)4)24(34)8/h9-11,15,17,21-22,26,32-33H,1,3,12-14,16,18-19H2,2,4-8H3/b25-10+. The van der Waals surface area contributed by atoms with E-state index < -0.39 is 0 Å². The highest BCUT2D eigenvalue weighted by atomic mass is 15.2. The number of hydrogen-bond acceptors (Lipinski definition) is 2. The van der Waals surface area contributed by atoms with E-state index in [-0.39, 0.29) is 0 Å². The number of rotatable bonds is 6. The maximum Gasteiger partial charge on any atom is 0.0364 e. The quantitative estimate of drug-likeness (QED) is 0.446. The van der Waals surface area contributed by atoms with Crippen molar-refractivity contribution in [3.05, 3.63) is 88.3 Å². The minimum atomic E-state index is 0.559. The van der Waals surface area contributed by atoms with Crippen molar-refractivity contribution in [2.24, 2.45) is 17.8 Å². The van der Waals surface area contributed by atoms with Crippen LogP contribution in [0.2, 0.25) is 0 Å². The van der Waals surface area contributed by atoms with Crippen molar-refractivity contribution in [1.29, 1.82) is 0 Å². The normalized spacial score (nSPS) is 27.2. The zero-order chi connectivity index (χ0) is 24.6. The van der Waals surface area contributed by atoms with E-state index in [1.165, 1.54) is 46.4 Å². The second-order valence-corrected chi connectivity index (χ2v) is 10.9. The van der Waals surface area contributed by atoms with Crippen molar-refractivity contribution < 1.29 is 0 Å². The summed E-state index contributed by atoms with van der Waals surface area (Å²) in [4.78, 5) is 2.57. The molecule has 1 aromatic carbocycles. The molecule has 2 heterocycles. The molecule has 4 unspecified atom stereocenters. The minimum Gasteiger partial charge on any atom is -0.348 e. The highest BCUT2D eigenvalue weighted by molar-refractivity contribution is 5.77. The molecule has 3 aliphatic rings. The number of fused-ring (bicyclic) bond motifs is 1. The fourth-order valence-corrected chi connectivity index (χ4v) is 6.78. The van der Waals surface area contributed by atoms with Crippen LogP contribution in [0, 0.1) is 24.7 Å². The van der Waals surface area contributed by atoms with E-state index in [0.29, 0.717) is 23.8 Å². The van der Waals surface area contributed by atoms with Crippen LogP contribution in [-0.4, -0.2) is 17.5 Å². The van der Waals surface area contributed by atoms with Crippen LogP contribution >= 0.6 is 0 Å². The molecule has 0 spiro atoms. The molecule has 1 aromatic rings. The first-order chi connectivity index (χ1) is 16.3. The van der Waals surface area contributed by atoms with Gasteiger partial charge in [0.25, 0.3) is 0 Å². The Morgan fingerprint density at radius 2 is 1.97 bits per heavy atom. The van der Waals surface area contributed by atoms with Gasteiger partial charge in [0.1, 0.15) is 0 Å². The van der Waals surface area contributed by atoms with Gasteiger partial charge in [0, 0.05) is 24.5 Å². The molecule has 1 saturated carbocycles.